The molecule has 2 aromatic rings. The van der Waals surface area contributed by atoms with Gasteiger partial charge in [0.25, 0.3) is 0 Å². The van der Waals surface area contributed by atoms with E-state index in [4.69, 9.17) is 0 Å². The Hall–Kier alpha value is -1.27. The van der Waals surface area contributed by atoms with Crippen molar-refractivity contribution in [3.8, 4) is 10.0 Å². The Bertz CT molecular complexity index is 531. The molecule has 2 rings (SSSR count). The number of hydrogen-bond donors (Lipinski definition) is 0. The van der Waals surface area contributed by atoms with Crippen molar-refractivity contribution in [3.05, 3.63) is 21.6 Å². The zero-order chi connectivity index (χ0) is 11.7. The van der Waals surface area contributed by atoms with Crippen LogP contribution in [-0.2, 0) is 4.74 Å². The molecule has 0 spiro atoms. The molecule has 0 bridgehead atoms. The Morgan fingerprint density at radius 2 is 2.06 bits per heavy atom. The van der Waals surface area contributed by atoms with Gasteiger partial charge < -0.3 is 4.74 Å². The number of aromatic nitrogens is 2. The Labute approximate surface area is 101 Å². The Kier molecular flexibility index (Phi) is 3.02. The summed E-state index contributed by atoms with van der Waals surface area (Å²) in [5.74, 6) is -0.338. The molecule has 0 fully saturated rings. The first kappa shape index (κ1) is 11.2. The largest absolute Gasteiger partial charge is 0.465 e. The van der Waals surface area contributed by atoms with Crippen molar-refractivity contribution in [1.29, 1.82) is 0 Å². The van der Waals surface area contributed by atoms with Gasteiger partial charge in [-0.15, -0.1) is 22.7 Å². The predicted octanol–water partition coefficient (Wildman–Crippen LogP) is 2.67. The van der Waals surface area contributed by atoms with E-state index in [0.29, 0.717) is 10.6 Å². The molecule has 0 saturated carbocycles. The average Bonchev–Trinajstić information content (AvgIpc) is 2.83. The summed E-state index contributed by atoms with van der Waals surface area (Å²) >= 11 is 2.85. The van der Waals surface area contributed by atoms with Crippen LogP contribution in [0.4, 0.5) is 0 Å². The molecular weight excluding hydrogens is 244 g/mol. The average molecular weight is 254 g/mol. The van der Waals surface area contributed by atoms with Gasteiger partial charge in [-0.25, -0.2) is 14.8 Å². The minimum atomic E-state index is -0.338. The van der Waals surface area contributed by atoms with E-state index >= 15 is 0 Å². The van der Waals surface area contributed by atoms with Crippen LogP contribution >= 0.6 is 22.7 Å². The van der Waals surface area contributed by atoms with Crippen LogP contribution in [0.1, 0.15) is 21.1 Å². The van der Waals surface area contributed by atoms with Crippen LogP contribution in [0.5, 0.6) is 0 Å². The topological polar surface area (TPSA) is 52.1 Å². The third kappa shape index (κ3) is 1.98. The molecule has 0 amide bonds. The first-order valence-corrected chi connectivity index (χ1v) is 6.29. The maximum absolute atomic E-state index is 11.4. The minimum absolute atomic E-state index is 0.338. The Balaban J connectivity index is 2.41. The molecule has 0 atom stereocenters. The van der Waals surface area contributed by atoms with E-state index in [2.05, 4.69) is 14.7 Å². The standard InChI is InChI=1S/C10H10N2O2S2/c1-5-4-15-8(11-5)9-12-6(2)7(16-9)10(13)14-3/h4H,1-3H3. The van der Waals surface area contributed by atoms with Gasteiger partial charge in [0, 0.05) is 11.1 Å². The number of aryl methyl sites for hydroxylation is 2. The first-order valence-electron chi connectivity index (χ1n) is 4.60. The highest BCUT2D eigenvalue weighted by atomic mass is 32.1. The number of carbonyl (C=O) groups excluding carboxylic acids is 1. The van der Waals surface area contributed by atoms with Crippen molar-refractivity contribution in [3.63, 3.8) is 0 Å². The van der Waals surface area contributed by atoms with E-state index in [0.717, 1.165) is 15.7 Å². The van der Waals surface area contributed by atoms with Gasteiger partial charge in [0.05, 0.1) is 12.8 Å². The summed E-state index contributed by atoms with van der Waals surface area (Å²) in [6, 6.07) is 0. The van der Waals surface area contributed by atoms with Crippen molar-refractivity contribution in [2.24, 2.45) is 0 Å². The van der Waals surface area contributed by atoms with Crippen molar-refractivity contribution in [2.45, 2.75) is 13.8 Å². The number of rotatable bonds is 2. The molecule has 84 valence electrons. The number of ether oxygens (including phenoxy) is 1. The third-order valence-corrected chi connectivity index (χ3v) is 4.21. The molecule has 0 aromatic carbocycles. The molecule has 2 aromatic heterocycles. The fraction of sp³-hybridized carbons (Fsp3) is 0.300. The summed E-state index contributed by atoms with van der Waals surface area (Å²) in [4.78, 5) is 20.6. The molecule has 0 aliphatic carbocycles. The fourth-order valence-electron chi connectivity index (χ4n) is 1.22. The molecular formula is C10H10N2O2S2. The molecule has 0 unspecified atom stereocenters. The molecule has 2 heterocycles. The number of thiazole rings is 2. The predicted molar refractivity (Wildman–Crippen MR) is 64.0 cm³/mol. The minimum Gasteiger partial charge on any atom is -0.465 e. The molecule has 6 heteroatoms. The number of methoxy groups -OCH3 is 1. The monoisotopic (exact) mass is 254 g/mol. The lowest BCUT2D eigenvalue weighted by Crippen LogP contribution is -1.99. The van der Waals surface area contributed by atoms with Crippen LogP contribution in [-0.4, -0.2) is 23.0 Å². The maximum atomic E-state index is 11.4. The van der Waals surface area contributed by atoms with E-state index in [1.54, 1.807) is 6.92 Å². The highest BCUT2D eigenvalue weighted by molar-refractivity contribution is 7.21. The highest BCUT2D eigenvalue weighted by Gasteiger charge is 2.17. The van der Waals surface area contributed by atoms with Gasteiger partial charge in [0.15, 0.2) is 10.0 Å². The van der Waals surface area contributed by atoms with Crippen LogP contribution in [0.3, 0.4) is 0 Å². The second kappa shape index (κ2) is 4.31. The molecule has 0 saturated heterocycles. The normalized spacial score (nSPS) is 10.4. The molecule has 0 radical (unpaired) electrons. The van der Waals surface area contributed by atoms with E-state index in [9.17, 15) is 4.79 Å². The maximum Gasteiger partial charge on any atom is 0.349 e. The first-order chi connectivity index (χ1) is 7.61. The lowest BCUT2D eigenvalue weighted by Gasteiger charge is -1.93. The van der Waals surface area contributed by atoms with E-state index in [1.165, 1.54) is 29.8 Å². The van der Waals surface area contributed by atoms with Gasteiger partial charge in [-0.1, -0.05) is 0 Å². The second-order valence-corrected chi connectivity index (χ2v) is 5.08. The Morgan fingerprint density at radius 3 is 2.62 bits per heavy atom. The smallest absolute Gasteiger partial charge is 0.349 e. The number of nitrogens with zero attached hydrogens (tertiary/aromatic N) is 2. The van der Waals surface area contributed by atoms with Gasteiger partial charge in [0.2, 0.25) is 0 Å². The third-order valence-electron chi connectivity index (χ3n) is 1.97. The van der Waals surface area contributed by atoms with Crippen LogP contribution in [0.15, 0.2) is 5.38 Å². The highest BCUT2D eigenvalue weighted by Crippen LogP contribution is 2.30. The number of carbonyl (C=O) groups is 1. The summed E-state index contributed by atoms with van der Waals surface area (Å²) in [7, 11) is 1.37. The zero-order valence-corrected chi connectivity index (χ0v) is 10.7. The second-order valence-electron chi connectivity index (χ2n) is 3.22. The quantitative estimate of drug-likeness (QED) is 0.773. The van der Waals surface area contributed by atoms with Crippen LogP contribution in [0, 0.1) is 13.8 Å². The van der Waals surface area contributed by atoms with E-state index in [-0.39, 0.29) is 5.97 Å². The van der Waals surface area contributed by atoms with Crippen molar-refractivity contribution < 1.29 is 9.53 Å². The summed E-state index contributed by atoms with van der Waals surface area (Å²) in [6.07, 6.45) is 0. The van der Waals surface area contributed by atoms with Crippen molar-refractivity contribution >= 4 is 28.6 Å². The van der Waals surface area contributed by atoms with E-state index in [1.807, 2.05) is 12.3 Å². The van der Waals surface area contributed by atoms with Gasteiger partial charge in [0.1, 0.15) is 4.88 Å². The lowest BCUT2D eigenvalue weighted by molar-refractivity contribution is 0.0605. The van der Waals surface area contributed by atoms with Gasteiger partial charge in [-0.05, 0) is 13.8 Å². The fourth-order valence-corrected chi connectivity index (χ4v) is 3.04. The summed E-state index contributed by atoms with van der Waals surface area (Å²) in [5.41, 5.74) is 1.66. The van der Waals surface area contributed by atoms with Gasteiger partial charge >= 0.3 is 5.97 Å². The van der Waals surface area contributed by atoms with Gasteiger partial charge in [-0.3, -0.25) is 0 Å². The zero-order valence-electron chi connectivity index (χ0n) is 9.10. The van der Waals surface area contributed by atoms with Crippen LogP contribution in [0.25, 0.3) is 10.0 Å². The molecule has 0 aliphatic heterocycles. The number of hydrogen-bond acceptors (Lipinski definition) is 6. The lowest BCUT2D eigenvalue weighted by atomic mass is 10.4. The number of esters is 1. The van der Waals surface area contributed by atoms with Crippen molar-refractivity contribution in [1.82, 2.24) is 9.97 Å². The van der Waals surface area contributed by atoms with Crippen molar-refractivity contribution in [2.75, 3.05) is 7.11 Å². The van der Waals surface area contributed by atoms with Gasteiger partial charge in [-0.2, -0.15) is 0 Å². The molecule has 4 nitrogen and oxygen atoms in total. The van der Waals surface area contributed by atoms with Crippen LogP contribution < -0.4 is 0 Å². The molecule has 16 heavy (non-hydrogen) atoms. The summed E-state index contributed by atoms with van der Waals surface area (Å²) < 4.78 is 4.69. The molecule has 0 N–H and O–H groups in total. The summed E-state index contributed by atoms with van der Waals surface area (Å²) in [6.45, 7) is 3.73. The SMILES string of the molecule is COC(=O)c1sc(-c2nc(C)cs2)nc1C. The molecule has 0 aliphatic rings. The van der Waals surface area contributed by atoms with E-state index < -0.39 is 0 Å². The Morgan fingerprint density at radius 1 is 1.31 bits per heavy atom. The van der Waals surface area contributed by atoms with Crippen LogP contribution in [0.2, 0.25) is 0 Å². The summed E-state index contributed by atoms with van der Waals surface area (Å²) in [5, 5.41) is 3.58.